The Morgan fingerprint density at radius 3 is 2.61 bits per heavy atom. The molecule has 2 nitrogen and oxygen atoms in total. The van der Waals surface area contributed by atoms with Crippen molar-refractivity contribution in [1.29, 1.82) is 0 Å². The second kappa shape index (κ2) is 6.24. The number of rotatable bonds is 4. The van der Waals surface area contributed by atoms with E-state index in [4.69, 9.17) is 5.73 Å². The average Bonchev–Trinajstić information content (AvgIpc) is 2.36. The summed E-state index contributed by atoms with van der Waals surface area (Å²) >= 11 is 0. The second-order valence-corrected chi connectivity index (χ2v) is 5.76. The minimum Gasteiger partial charge on any atom is -0.508 e. The average molecular weight is 247 g/mol. The van der Waals surface area contributed by atoms with Gasteiger partial charge in [0.1, 0.15) is 5.75 Å². The van der Waals surface area contributed by atoms with Gasteiger partial charge in [-0.25, -0.2) is 0 Å². The number of phenols is 1. The lowest BCUT2D eigenvalue weighted by Gasteiger charge is -2.34. The van der Waals surface area contributed by atoms with Crippen molar-refractivity contribution in [3.63, 3.8) is 0 Å². The topological polar surface area (TPSA) is 46.2 Å². The summed E-state index contributed by atoms with van der Waals surface area (Å²) in [5.74, 6) is 1.83. The van der Waals surface area contributed by atoms with E-state index in [0.29, 0.717) is 17.7 Å². The van der Waals surface area contributed by atoms with Crippen molar-refractivity contribution in [2.45, 2.75) is 51.5 Å². The van der Waals surface area contributed by atoms with Crippen molar-refractivity contribution in [2.75, 3.05) is 0 Å². The highest BCUT2D eigenvalue weighted by Crippen LogP contribution is 2.33. The monoisotopic (exact) mass is 247 g/mol. The highest BCUT2D eigenvalue weighted by atomic mass is 16.3. The van der Waals surface area contributed by atoms with Crippen LogP contribution in [0.15, 0.2) is 24.3 Å². The van der Waals surface area contributed by atoms with Gasteiger partial charge in [-0.1, -0.05) is 31.9 Å². The molecule has 0 amide bonds. The summed E-state index contributed by atoms with van der Waals surface area (Å²) in [5, 5.41) is 9.30. The van der Waals surface area contributed by atoms with E-state index in [-0.39, 0.29) is 0 Å². The van der Waals surface area contributed by atoms with E-state index in [9.17, 15) is 5.11 Å². The summed E-state index contributed by atoms with van der Waals surface area (Å²) in [5.41, 5.74) is 7.56. The zero-order valence-electron chi connectivity index (χ0n) is 11.3. The molecule has 1 aliphatic rings. The van der Waals surface area contributed by atoms with E-state index >= 15 is 0 Å². The molecule has 0 aliphatic heterocycles. The van der Waals surface area contributed by atoms with Crippen LogP contribution in [0.2, 0.25) is 0 Å². The summed E-state index contributed by atoms with van der Waals surface area (Å²) in [4.78, 5) is 0. The Bertz CT molecular complexity index is 360. The highest BCUT2D eigenvalue weighted by Gasteiger charge is 2.27. The summed E-state index contributed by atoms with van der Waals surface area (Å²) < 4.78 is 0. The molecule has 3 atom stereocenters. The van der Waals surface area contributed by atoms with Crippen LogP contribution in [0.1, 0.15) is 44.6 Å². The largest absolute Gasteiger partial charge is 0.508 e. The van der Waals surface area contributed by atoms with Gasteiger partial charge in [-0.05, 0) is 55.2 Å². The van der Waals surface area contributed by atoms with Crippen LogP contribution in [0.3, 0.4) is 0 Å². The fourth-order valence-electron chi connectivity index (χ4n) is 3.22. The molecule has 1 aromatic rings. The first kappa shape index (κ1) is 13.4. The fourth-order valence-corrected chi connectivity index (χ4v) is 3.22. The molecule has 0 spiro atoms. The molecule has 0 saturated heterocycles. The number of nitrogens with two attached hydrogens (primary N) is 1. The molecular formula is C16H25NO. The van der Waals surface area contributed by atoms with E-state index in [2.05, 4.69) is 6.92 Å². The van der Waals surface area contributed by atoms with Gasteiger partial charge in [0.25, 0.3) is 0 Å². The number of hydrogen-bond acceptors (Lipinski definition) is 2. The molecule has 18 heavy (non-hydrogen) atoms. The Morgan fingerprint density at radius 2 is 1.94 bits per heavy atom. The van der Waals surface area contributed by atoms with Crippen molar-refractivity contribution in [3.8, 4) is 5.75 Å². The zero-order chi connectivity index (χ0) is 13.0. The minimum atomic E-state index is 0.343. The van der Waals surface area contributed by atoms with Crippen LogP contribution in [0, 0.1) is 11.8 Å². The third kappa shape index (κ3) is 3.49. The highest BCUT2D eigenvalue weighted by molar-refractivity contribution is 5.26. The number of hydrogen-bond donors (Lipinski definition) is 2. The zero-order valence-corrected chi connectivity index (χ0v) is 11.3. The molecule has 3 N–H and O–H groups in total. The quantitative estimate of drug-likeness (QED) is 0.855. The molecule has 3 unspecified atom stereocenters. The Balaban J connectivity index is 1.95. The van der Waals surface area contributed by atoms with E-state index in [1.165, 1.54) is 37.7 Å². The molecule has 1 aromatic carbocycles. The molecule has 2 rings (SSSR count). The lowest BCUT2D eigenvalue weighted by atomic mass is 9.74. The SMILES string of the molecule is CCCC1CCC(N)C(Cc2ccc(O)cc2)C1. The number of benzene rings is 1. The van der Waals surface area contributed by atoms with Crippen molar-refractivity contribution >= 4 is 0 Å². The number of aromatic hydroxyl groups is 1. The van der Waals surface area contributed by atoms with Crippen LogP contribution in [-0.2, 0) is 6.42 Å². The van der Waals surface area contributed by atoms with Gasteiger partial charge in [0, 0.05) is 6.04 Å². The molecule has 0 radical (unpaired) electrons. The first-order valence-corrected chi connectivity index (χ1v) is 7.22. The summed E-state index contributed by atoms with van der Waals surface area (Å²) in [6.45, 7) is 2.27. The maximum Gasteiger partial charge on any atom is 0.115 e. The van der Waals surface area contributed by atoms with Crippen molar-refractivity contribution in [1.82, 2.24) is 0 Å². The Morgan fingerprint density at radius 1 is 1.22 bits per heavy atom. The summed E-state index contributed by atoms with van der Waals surface area (Å²) in [7, 11) is 0. The van der Waals surface area contributed by atoms with E-state index in [1.807, 2.05) is 12.1 Å². The maximum absolute atomic E-state index is 9.30. The molecular weight excluding hydrogens is 222 g/mol. The van der Waals surface area contributed by atoms with Crippen LogP contribution < -0.4 is 5.73 Å². The van der Waals surface area contributed by atoms with Gasteiger partial charge in [0.05, 0.1) is 0 Å². The van der Waals surface area contributed by atoms with Crippen LogP contribution >= 0.6 is 0 Å². The van der Waals surface area contributed by atoms with E-state index in [0.717, 1.165) is 12.3 Å². The van der Waals surface area contributed by atoms with Crippen molar-refractivity contribution < 1.29 is 5.11 Å². The second-order valence-electron chi connectivity index (χ2n) is 5.76. The normalized spacial score (nSPS) is 28.2. The van der Waals surface area contributed by atoms with Gasteiger partial charge >= 0.3 is 0 Å². The van der Waals surface area contributed by atoms with Crippen LogP contribution in [0.25, 0.3) is 0 Å². The van der Waals surface area contributed by atoms with Crippen LogP contribution in [0.4, 0.5) is 0 Å². The predicted molar refractivity (Wildman–Crippen MR) is 75.5 cm³/mol. The first-order chi connectivity index (χ1) is 8.69. The van der Waals surface area contributed by atoms with E-state index in [1.54, 1.807) is 12.1 Å². The molecule has 0 bridgehead atoms. The van der Waals surface area contributed by atoms with Gasteiger partial charge in [-0.2, -0.15) is 0 Å². The Kier molecular flexibility index (Phi) is 4.65. The van der Waals surface area contributed by atoms with Crippen LogP contribution in [-0.4, -0.2) is 11.1 Å². The molecule has 2 heteroatoms. The summed E-state index contributed by atoms with van der Waals surface area (Å²) in [6, 6.07) is 7.93. The van der Waals surface area contributed by atoms with Crippen LogP contribution in [0.5, 0.6) is 5.75 Å². The van der Waals surface area contributed by atoms with E-state index < -0.39 is 0 Å². The predicted octanol–water partition coefficient (Wildman–Crippen LogP) is 3.48. The first-order valence-electron chi connectivity index (χ1n) is 7.22. The lowest BCUT2D eigenvalue weighted by Crippen LogP contribution is -2.37. The van der Waals surface area contributed by atoms with Gasteiger partial charge in [0.2, 0.25) is 0 Å². The molecule has 1 saturated carbocycles. The van der Waals surface area contributed by atoms with Gasteiger partial charge in [-0.15, -0.1) is 0 Å². The standard InChI is InChI=1S/C16H25NO/c1-2-3-12-6-9-16(17)14(10-12)11-13-4-7-15(18)8-5-13/h4-5,7-8,12,14,16,18H,2-3,6,9-11,17H2,1H3. The van der Waals surface area contributed by atoms with Gasteiger partial charge in [0.15, 0.2) is 0 Å². The molecule has 0 heterocycles. The smallest absolute Gasteiger partial charge is 0.115 e. The number of phenolic OH excluding ortho intramolecular Hbond substituents is 1. The maximum atomic E-state index is 9.30. The summed E-state index contributed by atoms with van der Waals surface area (Å²) in [6.07, 6.45) is 7.44. The van der Waals surface area contributed by atoms with Crippen molar-refractivity contribution in [3.05, 3.63) is 29.8 Å². The third-order valence-corrected chi connectivity index (χ3v) is 4.28. The molecule has 100 valence electrons. The van der Waals surface area contributed by atoms with Crippen molar-refractivity contribution in [2.24, 2.45) is 17.6 Å². The lowest BCUT2D eigenvalue weighted by molar-refractivity contribution is 0.221. The molecule has 1 fully saturated rings. The fraction of sp³-hybridized carbons (Fsp3) is 0.625. The minimum absolute atomic E-state index is 0.343. The molecule has 1 aliphatic carbocycles. The third-order valence-electron chi connectivity index (χ3n) is 4.28. The Labute approximate surface area is 110 Å². The molecule has 0 aromatic heterocycles. The van der Waals surface area contributed by atoms with Gasteiger partial charge in [-0.3, -0.25) is 0 Å². The Hall–Kier alpha value is -1.02. The van der Waals surface area contributed by atoms with Gasteiger partial charge < -0.3 is 10.8 Å².